The molecule has 2 N–H and O–H groups in total. The summed E-state index contributed by atoms with van der Waals surface area (Å²) in [5, 5.41) is 12.6. The van der Waals surface area contributed by atoms with Gasteiger partial charge in [0.2, 0.25) is 0 Å². The maximum absolute atomic E-state index is 13.1. The topological polar surface area (TPSA) is 32.3 Å². The van der Waals surface area contributed by atoms with E-state index >= 15 is 0 Å². The van der Waals surface area contributed by atoms with Crippen LogP contribution in [0.1, 0.15) is 31.2 Å². The van der Waals surface area contributed by atoms with Crippen LogP contribution in [0.2, 0.25) is 0 Å². The van der Waals surface area contributed by atoms with E-state index in [1.807, 2.05) is 13.0 Å². The zero-order valence-electron chi connectivity index (χ0n) is 9.54. The van der Waals surface area contributed by atoms with Crippen LogP contribution in [0.15, 0.2) is 24.3 Å². The minimum absolute atomic E-state index is 0.124. The van der Waals surface area contributed by atoms with Gasteiger partial charge in [0, 0.05) is 5.54 Å². The number of hydrogen-bond donors (Lipinski definition) is 2. The van der Waals surface area contributed by atoms with Crippen molar-refractivity contribution in [3.8, 4) is 0 Å². The van der Waals surface area contributed by atoms with Crippen LogP contribution in [0.4, 0.5) is 4.39 Å². The summed E-state index contributed by atoms with van der Waals surface area (Å²) in [5.41, 5.74) is 0.816. The molecule has 1 fully saturated rings. The molecule has 1 heterocycles. The minimum Gasteiger partial charge on any atom is -0.394 e. The fourth-order valence-electron chi connectivity index (χ4n) is 2.43. The summed E-state index contributed by atoms with van der Waals surface area (Å²) < 4.78 is 13.1. The van der Waals surface area contributed by atoms with Gasteiger partial charge in [0.15, 0.2) is 0 Å². The zero-order chi connectivity index (χ0) is 11.6. The second-order valence-corrected chi connectivity index (χ2v) is 4.89. The molecular formula is C13H18FNO. The van der Waals surface area contributed by atoms with Gasteiger partial charge in [-0.15, -0.1) is 0 Å². The number of nitrogens with one attached hydrogen (secondary N) is 1. The van der Waals surface area contributed by atoms with Crippen molar-refractivity contribution in [1.29, 1.82) is 0 Å². The van der Waals surface area contributed by atoms with Crippen molar-refractivity contribution in [2.45, 2.75) is 31.2 Å². The van der Waals surface area contributed by atoms with Gasteiger partial charge in [-0.2, -0.15) is 0 Å². The molecule has 1 aliphatic rings. The third kappa shape index (κ3) is 2.42. The van der Waals surface area contributed by atoms with Crippen molar-refractivity contribution in [3.05, 3.63) is 35.6 Å². The predicted octanol–water partition coefficient (Wildman–Crippen LogP) is 2.04. The fraction of sp³-hybridized carbons (Fsp3) is 0.538. The van der Waals surface area contributed by atoms with Gasteiger partial charge in [-0.25, -0.2) is 4.39 Å². The summed E-state index contributed by atoms with van der Waals surface area (Å²) in [6.45, 7) is 3.01. The van der Waals surface area contributed by atoms with E-state index < -0.39 is 0 Å². The maximum Gasteiger partial charge on any atom is 0.123 e. The minimum atomic E-state index is -0.227. The molecule has 2 unspecified atom stereocenters. The molecule has 0 bridgehead atoms. The number of benzene rings is 1. The number of aliphatic hydroxyl groups excluding tert-OH is 1. The Morgan fingerprint density at radius 2 is 2.38 bits per heavy atom. The van der Waals surface area contributed by atoms with Gasteiger partial charge >= 0.3 is 0 Å². The quantitative estimate of drug-likeness (QED) is 0.804. The number of aliphatic hydroxyl groups is 1. The van der Waals surface area contributed by atoms with Gasteiger partial charge < -0.3 is 10.4 Å². The summed E-state index contributed by atoms with van der Waals surface area (Å²) in [7, 11) is 0. The highest BCUT2D eigenvalue weighted by molar-refractivity contribution is 5.22. The number of halogens is 1. The molecule has 0 aromatic heterocycles. The first-order valence-electron chi connectivity index (χ1n) is 5.74. The first kappa shape index (κ1) is 11.6. The van der Waals surface area contributed by atoms with Crippen LogP contribution in [0.25, 0.3) is 0 Å². The summed E-state index contributed by atoms with van der Waals surface area (Å²) in [5.74, 6) is 0.163. The molecular weight excluding hydrogens is 205 g/mol. The van der Waals surface area contributed by atoms with Crippen LogP contribution in [-0.4, -0.2) is 23.8 Å². The van der Waals surface area contributed by atoms with Gasteiger partial charge in [-0.05, 0) is 49.9 Å². The summed E-state index contributed by atoms with van der Waals surface area (Å²) in [4.78, 5) is 0. The molecule has 0 spiro atoms. The Bertz CT molecular complexity index is 369. The highest BCUT2D eigenvalue weighted by Crippen LogP contribution is 2.32. The number of hydrogen-bond acceptors (Lipinski definition) is 2. The molecule has 0 aliphatic carbocycles. The van der Waals surface area contributed by atoms with E-state index in [9.17, 15) is 9.50 Å². The highest BCUT2D eigenvalue weighted by atomic mass is 19.1. The lowest BCUT2D eigenvalue weighted by Crippen LogP contribution is -2.50. The van der Waals surface area contributed by atoms with E-state index in [-0.39, 0.29) is 18.0 Å². The standard InChI is InChI=1S/C13H18FNO/c1-13(9-16)8-11(5-6-15-13)10-3-2-4-12(14)7-10/h2-4,7,11,15-16H,5-6,8-9H2,1H3. The molecule has 1 aromatic carbocycles. The lowest BCUT2D eigenvalue weighted by atomic mass is 9.80. The van der Waals surface area contributed by atoms with Crippen LogP contribution in [0, 0.1) is 5.82 Å². The average Bonchev–Trinajstić information content (AvgIpc) is 2.29. The third-order valence-corrected chi connectivity index (χ3v) is 3.41. The molecule has 88 valence electrons. The Morgan fingerprint density at radius 1 is 1.56 bits per heavy atom. The van der Waals surface area contributed by atoms with Crippen molar-refractivity contribution in [3.63, 3.8) is 0 Å². The molecule has 1 saturated heterocycles. The molecule has 3 heteroatoms. The van der Waals surface area contributed by atoms with Gasteiger partial charge in [0.25, 0.3) is 0 Å². The lowest BCUT2D eigenvalue weighted by Gasteiger charge is -2.38. The van der Waals surface area contributed by atoms with Gasteiger partial charge in [-0.3, -0.25) is 0 Å². The monoisotopic (exact) mass is 223 g/mol. The fourth-order valence-corrected chi connectivity index (χ4v) is 2.43. The van der Waals surface area contributed by atoms with E-state index in [0.717, 1.165) is 24.9 Å². The van der Waals surface area contributed by atoms with Gasteiger partial charge in [-0.1, -0.05) is 12.1 Å². The molecule has 1 aliphatic heterocycles. The molecule has 0 radical (unpaired) electrons. The van der Waals surface area contributed by atoms with Crippen LogP contribution in [0.3, 0.4) is 0 Å². The van der Waals surface area contributed by atoms with Crippen molar-refractivity contribution >= 4 is 0 Å². The zero-order valence-corrected chi connectivity index (χ0v) is 9.54. The molecule has 1 aromatic rings. The second kappa shape index (κ2) is 4.52. The van der Waals surface area contributed by atoms with Crippen LogP contribution in [0.5, 0.6) is 0 Å². The van der Waals surface area contributed by atoms with Crippen LogP contribution in [-0.2, 0) is 0 Å². The first-order chi connectivity index (χ1) is 7.63. The average molecular weight is 223 g/mol. The Kier molecular flexibility index (Phi) is 3.26. The highest BCUT2D eigenvalue weighted by Gasteiger charge is 2.31. The normalized spacial score (nSPS) is 30.3. The largest absolute Gasteiger partial charge is 0.394 e. The summed E-state index contributed by atoms with van der Waals surface area (Å²) in [6, 6.07) is 6.80. The Labute approximate surface area is 95.5 Å². The second-order valence-electron chi connectivity index (χ2n) is 4.89. The van der Waals surface area contributed by atoms with Crippen molar-refractivity contribution in [1.82, 2.24) is 5.32 Å². The van der Waals surface area contributed by atoms with Crippen LogP contribution < -0.4 is 5.32 Å². The molecule has 16 heavy (non-hydrogen) atoms. The van der Waals surface area contributed by atoms with E-state index in [1.54, 1.807) is 12.1 Å². The van der Waals surface area contributed by atoms with Crippen molar-refractivity contribution in [2.24, 2.45) is 0 Å². The Hall–Kier alpha value is -0.930. The Balaban J connectivity index is 2.16. The number of rotatable bonds is 2. The van der Waals surface area contributed by atoms with E-state index in [1.165, 1.54) is 6.07 Å². The summed E-state index contributed by atoms with van der Waals surface area (Å²) in [6.07, 6.45) is 1.85. The van der Waals surface area contributed by atoms with Gasteiger partial charge in [0.1, 0.15) is 5.82 Å². The molecule has 2 atom stereocenters. The van der Waals surface area contributed by atoms with Crippen LogP contribution >= 0.6 is 0 Å². The molecule has 2 rings (SSSR count). The van der Waals surface area contributed by atoms with Crippen molar-refractivity contribution in [2.75, 3.05) is 13.2 Å². The molecule has 0 amide bonds. The maximum atomic E-state index is 13.1. The lowest BCUT2D eigenvalue weighted by molar-refractivity contribution is 0.137. The van der Waals surface area contributed by atoms with E-state index in [2.05, 4.69) is 5.32 Å². The predicted molar refractivity (Wildman–Crippen MR) is 61.9 cm³/mol. The third-order valence-electron chi connectivity index (χ3n) is 3.41. The first-order valence-corrected chi connectivity index (χ1v) is 5.74. The summed E-state index contributed by atoms with van der Waals surface area (Å²) >= 11 is 0. The van der Waals surface area contributed by atoms with E-state index in [4.69, 9.17) is 0 Å². The molecule has 2 nitrogen and oxygen atoms in total. The van der Waals surface area contributed by atoms with Crippen molar-refractivity contribution < 1.29 is 9.50 Å². The van der Waals surface area contributed by atoms with E-state index in [0.29, 0.717) is 5.92 Å². The Morgan fingerprint density at radius 3 is 3.06 bits per heavy atom. The SMILES string of the molecule is CC1(CO)CC(c2cccc(F)c2)CCN1. The number of piperidine rings is 1. The molecule has 0 saturated carbocycles. The smallest absolute Gasteiger partial charge is 0.123 e. The van der Waals surface area contributed by atoms with Gasteiger partial charge in [0.05, 0.1) is 6.61 Å².